The van der Waals surface area contributed by atoms with Gasteiger partial charge in [0.05, 0.1) is 0 Å². The molecule has 1 aliphatic rings. The lowest BCUT2D eigenvalue weighted by atomic mass is 9.84. The highest BCUT2D eigenvalue weighted by atomic mass is 19.1. The number of benzene rings is 2. The van der Waals surface area contributed by atoms with Crippen LogP contribution in [0.5, 0.6) is 11.5 Å². The molecule has 3 rings (SSSR count). The molecular formula is C19H20FNO2. The van der Waals surface area contributed by atoms with Crippen LogP contribution in [0.2, 0.25) is 0 Å². The van der Waals surface area contributed by atoms with E-state index in [0.717, 1.165) is 6.07 Å². The summed E-state index contributed by atoms with van der Waals surface area (Å²) in [5.41, 5.74) is 6.57. The van der Waals surface area contributed by atoms with Gasteiger partial charge in [-0.2, -0.15) is 0 Å². The molecule has 4 heteroatoms. The van der Waals surface area contributed by atoms with Gasteiger partial charge in [0.2, 0.25) is 5.91 Å². The number of amides is 1. The van der Waals surface area contributed by atoms with Crippen molar-refractivity contribution in [1.29, 1.82) is 0 Å². The number of nitrogens with two attached hydrogens (primary N) is 1. The minimum absolute atomic E-state index is 0.0837. The summed E-state index contributed by atoms with van der Waals surface area (Å²) in [6.07, 6.45) is 6.39. The number of hydrogen-bond acceptors (Lipinski definition) is 2. The highest BCUT2D eigenvalue weighted by Crippen LogP contribution is 2.34. The Balaban J connectivity index is 1.72. The molecule has 0 heterocycles. The Morgan fingerprint density at radius 3 is 2.35 bits per heavy atom. The third-order valence-electron chi connectivity index (χ3n) is 4.40. The van der Waals surface area contributed by atoms with Gasteiger partial charge in [-0.15, -0.1) is 0 Å². The van der Waals surface area contributed by atoms with Crippen LogP contribution in [0.1, 0.15) is 53.9 Å². The summed E-state index contributed by atoms with van der Waals surface area (Å²) in [6, 6.07) is 11.8. The van der Waals surface area contributed by atoms with Crippen molar-refractivity contribution < 1.29 is 13.9 Å². The minimum Gasteiger partial charge on any atom is -0.454 e. The first-order valence-corrected chi connectivity index (χ1v) is 8.00. The molecule has 0 unspecified atom stereocenters. The van der Waals surface area contributed by atoms with Crippen LogP contribution < -0.4 is 10.5 Å². The molecular weight excluding hydrogens is 293 g/mol. The van der Waals surface area contributed by atoms with Crippen molar-refractivity contribution in [3.8, 4) is 11.5 Å². The first-order chi connectivity index (χ1) is 11.1. The maximum Gasteiger partial charge on any atom is 0.248 e. The zero-order valence-electron chi connectivity index (χ0n) is 12.9. The van der Waals surface area contributed by atoms with E-state index in [2.05, 4.69) is 12.1 Å². The Kier molecular flexibility index (Phi) is 4.60. The van der Waals surface area contributed by atoms with E-state index in [1.165, 1.54) is 49.8 Å². The summed E-state index contributed by atoms with van der Waals surface area (Å²) in [5.74, 6) is 0.0324. The van der Waals surface area contributed by atoms with Gasteiger partial charge in [-0.05, 0) is 54.7 Å². The van der Waals surface area contributed by atoms with Gasteiger partial charge in [0.15, 0.2) is 11.6 Å². The van der Waals surface area contributed by atoms with Crippen LogP contribution in [0.15, 0.2) is 42.5 Å². The Bertz CT molecular complexity index is 691. The van der Waals surface area contributed by atoms with E-state index in [9.17, 15) is 9.18 Å². The summed E-state index contributed by atoms with van der Waals surface area (Å²) in [6.45, 7) is 0. The number of carbonyl (C=O) groups excluding carboxylic acids is 1. The molecule has 1 amide bonds. The van der Waals surface area contributed by atoms with Crippen molar-refractivity contribution in [1.82, 2.24) is 0 Å². The van der Waals surface area contributed by atoms with E-state index >= 15 is 0 Å². The SMILES string of the molecule is NC(=O)c1ccc(Oc2ccc(C3CCCCC3)cc2)c(F)c1. The average Bonchev–Trinajstić information content (AvgIpc) is 2.58. The summed E-state index contributed by atoms with van der Waals surface area (Å²) in [4.78, 5) is 11.0. The molecule has 3 nitrogen and oxygen atoms in total. The second-order valence-electron chi connectivity index (χ2n) is 6.02. The first kappa shape index (κ1) is 15.5. The van der Waals surface area contributed by atoms with E-state index in [4.69, 9.17) is 10.5 Å². The Morgan fingerprint density at radius 1 is 1.04 bits per heavy atom. The predicted molar refractivity (Wildman–Crippen MR) is 87.3 cm³/mol. The molecule has 1 saturated carbocycles. The van der Waals surface area contributed by atoms with Gasteiger partial charge in [-0.3, -0.25) is 4.79 Å². The number of carbonyl (C=O) groups is 1. The van der Waals surface area contributed by atoms with Crippen molar-refractivity contribution in [2.24, 2.45) is 5.73 Å². The molecule has 23 heavy (non-hydrogen) atoms. The Hall–Kier alpha value is -2.36. The molecule has 1 fully saturated rings. The van der Waals surface area contributed by atoms with E-state index in [1.807, 2.05) is 12.1 Å². The van der Waals surface area contributed by atoms with Crippen molar-refractivity contribution in [2.75, 3.05) is 0 Å². The van der Waals surface area contributed by atoms with Crippen molar-refractivity contribution in [3.05, 3.63) is 59.4 Å². The standard InChI is InChI=1S/C19H20FNO2/c20-17-12-15(19(21)22)8-11-18(17)23-16-9-6-14(7-10-16)13-4-2-1-3-5-13/h6-13H,1-5H2,(H2,21,22). The Morgan fingerprint density at radius 2 is 1.74 bits per heavy atom. The normalized spacial score (nSPS) is 15.3. The fourth-order valence-electron chi connectivity index (χ4n) is 3.11. The van der Waals surface area contributed by atoms with Crippen molar-refractivity contribution in [3.63, 3.8) is 0 Å². The van der Waals surface area contributed by atoms with Gasteiger partial charge in [0, 0.05) is 5.56 Å². The van der Waals surface area contributed by atoms with Crippen molar-refractivity contribution in [2.45, 2.75) is 38.0 Å². The van der Waals surface area contributed by atoms with Crippen LogP contribution in [0.3, 0.4) is 0 Å². The van der Waals surface area contributed by atoms with Crippen LogP contribution >= 0.6 is 0 Å². The zero-order valence-corrected chi connectivity index (χ0v) is 12.9. The van der Waals surface area contributed by atoms with Gasteiger partial charge in [-0.1, -0.05) is 31.4 Å². The average molecular weight is 313 g/mol. The molecule has 0 atom stereocenters. The third kappa shape index (κ3) is 3.70. The highest BCUT2D eigenvalue weighted by molar-refractivity contribution is 5.92. The molecule has 2 aromatic rings. The van der Waals surface area contributed by atoms with Crippen LogP contribution in [0.25, 0.3) is 0 Å². The maximum atomic E-state index is 13.9. The molecule has 2 aromatic carbocycles. The van der Waals surface area contributed by atoms with Crippen molar-refractivity contribution >= 4 is 5.91 Å². The van der Waals surface area contributed by atoms with Crippen LogP contribution in [0.4, 0.5) is 4.39 Å². The quantitative estimate of drug-likeness (QED) is 0.884. The summed E-state index contributed by atoms with van der Waals surface area (Å²) in [7, 11) is 0. The van der Waals surface area contributed by atoms with Gasteiger partial charge in [0.1, 0.15) is 5.75 Å². The first-order valence-electron chi connectivity index (χ1n) is 8.00. The molecule has 2 N–H and O–H groups in total. The fraction of sp³-hybridized carbons (Fsp3) is 0.316. The third-order valence-corrected chi connectivity index (χ3v) is 4.40. The number of ether oxygens (including phenoxy) is 1. The highest BCUT2D eigenvalue weighted by Gasteiger charge is 2.15. The summed E-state index contributed by atoms with van der Waals surface area (Å²) in [5, 5.41) is 0. The largest absolute Gasteiger partial charge is 0.454 e. The smallest absolute Gasteiger partial charge is 0.248 e. The molecule has 0 radical (unpaired) electrons. The number of primary amides is 1. The number of rotatable bonds is 4. The summed E-state index contributed by atoms with van der Waals surface area (Å²) >= 11 is 0. The molecule has 0 saturated heterocycles. The second kappa shape index (κ2) is 6.82. The van der Waals surface area contributed by atoms with E-state index in [1.54, 1.807) is 0 Å². The monoisotopic (exact) mass is 313 g/mol. The number of hydrogen-bond donors (Lipinski definition) is 1. The topological polar surface area (TPSA) is 52.3 Å². The maximum absolute atomic E-state index is 13.9. The lowest BCUT2D eigenvalue weighted by molar-refractivity contribution is 0.1000. The molecule has 0 aliphatic heterocycles. The Labute approximate surface area is 135 Å². The van der Waals surface area contributed by atoms with E-state index in [0.29, 0.717) is 11.7 Å². The molecule has 120 valence electrons. The lowest BCUT2D eigenvalue weighted by Crippen LogP contribution is -2.11. The van der Waals surface area contributed by atoms with Gasteiger partial charge in [0.25, 0.3) is 0 Å². The zero-order chi connectivity index (χ0) is 16.2. The molecule has 0 bridgehead atoms. The molecule has 0 aromatic heterocycles. The number of halogens is 1. The van der Waals surface area contributed by atoms with Crippen LogP contribution in [-0.4, -0.2) is 5.91 Å². The lowest BCUT2D eigenvalue weighted by Gasteiger charge is -2.22. The molecule has 1 aliphatic carbocycles. The predicted octanol–water partition coefficient (Wildman–Crippen LogP) is 4.76. The van der Waals surface area contributed by atoms with Crippen LogP contribution in [0, 0.1) is 5.82 Å². The van der Waals surface area contributed by atoms with Gasteiger partial charge in [-0.25, -0.2) is 4.39 Å². The van der Waals surface area contributed by atoms with E-state index in [-0.39, 0.29) is 11.3 Å². The fourth-order valence-corrected chi connectivity index (χ4v) is 3.11. The molecule has 0 spiro atoms. The second-order valence-corrected chi connectivity index (χ2v) is 6.02. The van der Waals surface area contributed by atoms with Crippen LogP contribution in [-0.2, 0) is 0 Å². The minimum atomic E-state index is -0.660. The van der Waals surface area contributed by atoms with E-state index < -0.39 is 11.7 Å². The van der Waals surface area contributed by atoms with Gasteiger partial charge >= 0.3 is 0 Å². The van der Waals surface area contributed by atoms with Gasteiger partial charge < -0.3 is 10.5 Å². The summed E-state index contributed by atoms with van der Waals surface area (Å²) < 4.78 is 19.5.